The number of methoxy groups -OCH3 is 1. The van der Waals surface area contributed by atoms with Crippen LogP contribution in [-0.4, -0.2) is 22.4 Å². The first-order valence-electron chi connectivity index (χ1n) is 5.17. The largest absolute Gasteiger partial charge is 0.502 e. The van der Waals surface area contributed by atoms with Crippen molar-refractivity contribution in [2.75, 3.05) is 7.11 Å². The highest BCUT2D eigenvalue weighted by Gasteiger charge is 2.20. The SMILES string of the molecule is COc1c(C)cc(-c2noc(CN)n2)c(F)c1O. The quantitative estimate of drug-likeness (QED) is 0.857. The van der Waals surface area contributed by atoms with Crippen molar-refractivity contribution in [2.45, 2.75) is 13.5 Å². The zero-order chi connectivity index (χ0) is 13.3. The lowest BCUT2D eigenvalue weighted by Gasteiger charge is -2.09. The van der Waals surface area contributed by atoms with Gasteiger partial charge in [-0.1, -0.05) is 5.16 Å². The number of ether oxygens (including phenoxy) is 1. The van der Waals surface area contributed by atoms with Crippen molar-refractivity contribution in [1.29, 1.82) is 0 Å². The van der Waals surface area contributed by atoms with Gasteiger partial charge in [-0.2, -0.15) is 4.98 Å². The van der Waals surface area contributed by atoms with Crippen LogP contribution in [-0.2, 0) is 6.54 Å². The maximum Gasteiger partial charge on any atom is 0.240 e. The minimum Gasteiger partial charge on any atom is -0.502 e. The highest BCUT2D eigenvalue weighted by atomic mass is 19.1. The Morgan fingerprint density at radius 2 is 2.28 bits per heavy atom. The molecule has 1 aromatic carbocycles. The van der Waals surface area contributed by atoms with Gasteiger partial charge < -0.3 is 20.1 Å². The van der Waals surface area contributed by atoms with E-state index in [4.69, 9.17) is 15.0 Å². The Labute approximate surface area is 102 Å². The molecular formula is C11H12FN3O3. The summed E-state index contributed by atoms with van der Waals surface area (Å²) < 4.78 is 23.6. The van der Waals surface area contributed by atoms with Crippen LogP contribution in [0.5, 0.6) is 11.5 Å². The Morgan fingerprint density at radius 1 is 1.56 bits per heavy atom. The highest BCUT2D eigenvalue weighted by molar-refractivity contribution is 5.64. The normalized spacial score (nSPS) is 10.7. The number of hydrogen-bond donors (Lipinski definition) is 2. The molecule has 18 heavy (non-hydrogen) atoms. The number of phenolic OH excluding ortho intramolecular Hbond substituents is 1. The molecule has 0 aliphatic heterocycles. The number of aryl methyl sites for hydroxylation is 1. The van der Waals surface area contributed by atoms with Crippen molar-refractivity contribution in [2.24, 2.45) is 5.73 Å². The van der Waals surface area contributed by atoms with E-state index in [0.29, 0.717) is 5.56 Å². The van der Waals surface area contributed by atoms with E-state index in [1.165, 1.54) is 13.2 Å². The molecule has 6 nitrogen and oxygen atoms in total. The fraction of sp³-hybridized carbons (Fsp3) is 0.273. The zero-order valence-electron chi connectivity index (χ0n) is 9.90. The number of phenols is 1. The lowest BCUT2D eigenvalue weighted by atomic mass is 10.1. The predicted octanol–water partition coefficient (Wildman–Crippen LogP) is 1.36. The zero-order valence-corrected chi connectivity index (χ0v) is 9.90. The van der Waals surface area contributed by atoms with E-state index in [-0.39, 0.29) is 29.6 Å². The Morgan fingerprint density at radius 3 is 2.83 bits per heavy atom. The van der Waals surface area contributed by atoms with Crippen molar-refractivity contribution in [3.05, 3.63) is 23.3 Å². The van der Waals surface area contributed by atoms with Gasteiger partial charge in [0.2, 0.25) is 11.7 Å². The van der Waals surface area contributed by atoms with E-state index in [1.807, 2.05) is 0 Å². The monoisotopic (exact) mass is 253 g/mol. The van der Waals surface area contributed by atoms with E-state index in [0.717, 1.165) is 0 Å². The summed E-state index contributed by atoms with van der Waals surface area (Å²) in [6.45, 7) is 1.74. The van der Waals surface area contributed by atoms with Crippen LogP contribution in [0.3, 0.4) is 0 Å². The molecule has 7 heteroatoms. The number of halogens is 1. The molecule has 1 heterocycles. The van der Waals surface area contributed by atoms with Crippen molar-refractivity contribution < 1.29 is 18.8 Å². The van der Waals surface area contributed by atoms with Gasteiger partial charge in [0.25, 0.3) is 0 Å². The lowest BCUT2D eigenvalue weighted by Crippen LogP contribution is -1.97. The van der Waals surface area contributed by atoms with Crippen LogP contribution in [0, 0.1) is 12.7 Å². The van der Waals surface area contributed by atoms with Gasteiger partial charge in [-0.05, 0) is 18.6 Å². The number of nitrogens with zero attached hydrogens (tertiary/aromatic N) is 2. The first kappa shape index (κ1) is 12.3. The van der Waals surface area contributed by atoms with Crippen LogP contribution in [0.25, 0.3) is 11.4 Å². The topological polar surface area (TPSA) is 94.4 Å². The first-order valence-corrected chi connectivity index (χ1v) is 5.17. The molecule has 96 valence electrons. The molecule has 0 saturated carbocycles. The lowest BCUT2D eigenvalue weighted by molar-refractivity contribution is 0.355. The maximum atomic E-state index is 13.9. The summed E-state index contributed by atoms with van der Waals surface area (Å²) in [4.78, 5) is 3.90. The molecule has 0 saturated heterocycles. The molecule has 0 spiro atoms. The number of hydrogen-bond acceptors (Lipinski definition) is 6. The average molecular weight is 253 g/mol. The van der Waals surface area contributed by atoms with Gasteiger partial charge in [-0.15, -0.1) is 0 Å². The molecule has 0 aliphatic rings. The fourth-order valence-electron chi connectivity index (χ4n) is 1.63. The minimum atomic E-state index is -0.859. The number of nitrogens with two attached hydrogens (primary N) is 1. The summed E-state index contributed by atoms with van der Waals surface area (Å²) in [6, 6.07) is 1.47. The van der Waals surface area contributed by atoms with Crippen LogP contribution < -0.4 is 10.5 Å². The Kier molecular flexibility index (Phi) is 3.15. The number of aromatic nitrogens is 2. The molecular weight excluding hydrogens is 241 g/mol. The molecule has 0 radical (unpaired) electrons. The molecule has 1 aromatic heterocycles. The standard InChI is InChI=1S/C11H12FN3O3/c1-5-3-6(8(12)9(16)10(5)17-2)11-14-7(4-13)18-15-11/h3,16H,4,13H2,1-2H3. The van der Waals surface area contributed by atoms with E-state index in [1.54, 1.807) is 6.92 Å². The van der Waals surface area contributed by atoms with Crippen molar-refractivity contribution in [1.82, 2.24) is 10.1 Å². The van der Waals surface area contributed by atoms with Gasteiger partial charge in [0, 0.05) is 0 Å². The molecule has 2 aromatic rings. The number of benzene rings is 1. The summed E-state index contributed by atoms with van der Waals surface area (Å²) in [6.07, 6.45) is 0. The molecule has 2 rings (SSSR count). The Balaban J connectivity index is 2.58. The first-order chi connectivity index (χ1) is 8.58. The third-order valence-corrected chi connectivity index (χ3v) is 2.47. The van der Waals surface area contributed by atoms with Crippen LogP contribution in [0.2, 0.25) is 0 Å². The van der Waals surface area contributed by atoms with Crippen molar-refractivity contribution in [3.63, 3.8) is 0 Å². The smallest absolute Gasteiger partial charge is 0.240 e. The van der Waals surface area contributed by atoms with Gasteiger partial charge >= 0.3 is 0 Å². The second kappa shape index (κ2) is 4.61. The predicted molar refractivity (Wildman–Crippen MR) is 60.5 cm³/mol. The molecule has 0 fully saturated rings. The highest BCUT2D eigenvalue weighted by Crippen LogP contribution is 2.37. The molecule has 0 bridgehead atoms. The third kappa shape index (κ3) is 1.88. The van der Waals surface area contributed by atoms with Crippen molar-refractivity contribution in [3.8, 4) is 22.9 Å². The molecule has 0 atom stereocenters. The van der Waals surface area contributed by atoms with Gasteiger partial charge in [0.1, 0.15) is 0 Å². The summed E-state index contributed by atoms with van der Waals surface area (Å²) in [5.74, 6) is -1.13. The summed E-state index contributed by atoms with van der Waals surface area (Å²) in [7, 11) is 1.35. The summed E-state index contributed by atoms with van der Waals surface area (Å²) in [5, 5.41) is 13.3. The van der Waals surface area contributed by atoms with E-state index in [2.05, 4.69) is 10.1 Å². The third-order valence-electron chi connectivity index (χ3n) is 2.47. The van der Waals surface area contributed by atoms with E-state index < -0.39 is 11.6 Å². The van der Waals surface area contributed by atoms with Crippen LogP contribution in [0.15, 0.2) is 10.6 Å². The Hall–Kier alpha value is -2.15. The molecule has 3 N–H and O–H groups in total. The minimum absolute atomic E-state index is 0.0361. The second-order valence-corrected chi connectivity index (χ2v) is 3.65. The molecule has 0 unspecified atom stereocenters. The van der Waals surface area contributed by atoms with Crippen LogP contribution in [0.1, 0.15) is 11.5 Å². The maximum absolute atomic E-state index is 13.9. The van der Waals surface area contributed by atoms with Gasteiger partial charge in [-0.25, -0.2) is 4.39 Å². The van der Waals surface area contributed by atoms with E-state index >= 15 is 0 Å². The fourth-order valence-corrected chi connectivity index (χ4v) is 1.63. The van der Waals surface area contributed by atoms with Gasteiger partial charge in [0.05, 0.1) is 19.2 Å². The summed E-state index contributed by atoms with van der Waals surface area (Å²) in [5.41, 5.74) is 5.92. The Bertz CT molecular complexity index is 583. The second-order valence-electron chi connectivity index (χ2n) is 3.65. The van der Waals surface area contributed by atoms with Crippen LogP contribution >= 0.6 is 0 Å². The van der Waals surface area contributed by atoms with Crippen molar-refractivity contribution >= 4 is 0 Å². The number of rotatable bonds is 3. The van der Waals surface area contributed by atoms with E-state index in [9.17, 15) is 9.50 Å². The molecule has 0 amide bonds. The molecule has 0 aliphatic carbocycles. The average Bonchev–Trinajstić information content (AvgIpc) is 2.83. The summed E-state index contributed by atoms with van der Waals surface area (Å²) >= 11 is 0. The van der Waals surface area contributed by atoms with Crippen LogP contribution in [0.4, 0.5) is 4.39 Å². The van der Waals surface area contributed by atoms with Gasteiger partial charge in [-0.3, -0.25) is 0 Å². The number of aromatic hydroxyl groups is 1. The van der Waals surface area contributed by atoms with Gasteiger partial charge in [0.15, 0.2) is 17.3 Å².